The summed E-state index contributed by atoms with van der Waals surface area (Å²) in [4.78, 5) is 16.7. The Morgan fingerprint density at radius 1 is 1.19 bits per heavy atom. The van der Waals surface area contributed by atoms with E-state index in [1.54, 1.807) is 31.4 Å². The van der Waals surface area contributed by atoms with Gasteiger partial charge in [-0.05, 0) is 43.3 Å². The first-order chi connectivity index (χ1) is 12.6. The maximum atomic E-state index is 12.2. The van der Waals surface area contributed by atoms with E-state index in [0.717, 1.165) is 22.8 Å². The molecule has 2 aromatic carbocycles. The van der Waals surface area contributed by atoms with Crippen LogP contribution in [0.3, 0.4) is 0 Å². The van der Waals surface area contributed by atoms with Crippen molar-refractivity contribution in [2.75, 3.05) is 13.7 Å². The summed E-state index contributed by atoms with van der Waals surface area (Å²) in [5, 5.41) is 3.29. The molecule has 0 atom stereocenters. The van der Waals surface area contributed by atoms with Gasteiger partial charge in [-0.25, -0.2) is 4.98 Å². The maximum Gasteiger partial charge on any atom is 0.252 e. The van der Waals surface area contributed by atoms with Crippen molar-refractivity contribution in [3.05, 3.63) is 70.6 Å². The van der Waals surface area contributed by atoms with Gasteiger partial charge in [-0.3, -0.25) is 4.79 Å². The number of hydrogen-bond acceptors (Lipinski definition) is 4. The van der Waals surface area contributed by atoms with E-state index < -0.39 is 0 Å². The van der Waals surface area contributed by atoms with Crippen molar-refractivity contribution in [2.45, 2.75) is 13.3 Å². The number of nitrogens with zero attached hydrogens (tertiary/aromatic N) is 1. The average molecular weight is 371 g/mol. The highest BCUT2D eigenvalue weighted by Gasteiger charge is 2.13. The van der Waals surface area contributed by atoms with Crippen LogP contribution in [-0.4, -0.2) is 24.5 Å². The van der Waals surface area contributed by atoms with Crippen LogP contribution in [0.5, 0.6) is 5.75 Å². The van der Waals surface area contributed by atoms with Crippen molar-refractivity contribution >= 4 is 17.5 Å². The van der Waals surface area contributed by atoms with Crippen molar-refractivity contribution in [3.8, 4) is 17.2 Å². The summed E-state index contributed by atoms with van der Waals surface area (Å²) in [6, 6.07) is 14.5. The molecule has 0 unspecified atom stereocenters. The first kappa shape index (κ1) is 18.0. The van der Waals surface area contributed by atoms with Gasteiger partial charge in [0.1, 0.15) is 11.5 Å². The molecule has 0 saturated carbocycles. The summed E-state index contributed by atoms with van der Waals surface area (Å²) in [5.41, 5.74) is 2.15. The predicted molar refractivity (Wildman–Crippen MR) is 101 cm³/mol. The third kappa shape index (κ3) is 4.06. The summed E-state index contributed by atoms with van der Waals surface area (Å²) >= 11 is 6.04. The molecule has 5 nitrogen and oxygen atoms in total. The highest BCUT2D eigenvalue weighted by Crippen LogP contribution is 2.24. The molecule has 0 aliphatic carbocycles. The Morgan fingerprint density at radius 2 is 1.92 bits per heavy atom. The zero-order valence-electron chi connectivity index (χ0n) is 14.6. The number of methoxy groups -OCH3 is 1. The van der Waals surface area contributed by atoms with Crippen molar-refractivity contribution in [1.82, 2.24) is 10.3 Å². The second kappa shape index (κ2) is 8.06. The third-order valence-electron chi connectivity index (χ3n) is 4.00. The number of benzene rings is 2. The van der Waals surface area contributed by atoms with Crippen molar-refractivity contribution in [1.29, 1.82) is 0 Å². The Morgan fingerprint density at radius 3 is 2.62 bits per heavy atom. The van der Waals surface area contributed by atoms with Crippen LogP contribution in [0.25, 0.3) is 11.5 Å². The van der Waals surface area contributed by atoms with Gasteiger partial charge in [-0.1, -0.05) is 23.7 Å². The Balaban J connectivity index is 1.63. The van der Waals surface area contributed by atoms with Crippen LogP contribution in [0.2, 0.25) is 5.02 Å². The summed E-state index contributed by atoms with van der Waals surface area (Å²) in [5.74, 6) is 1.87. The molecule has 134 valence electrons. The molecule has 0 bridgehead atoms. The molecule has 1 amide bonds. The van der Waals surface area contributed by atoms with Gasteiger partial charge in [0.15, 0.2) is 0 Å². The highest BCUT2D eigenvalue weighted by atomic mass is 35.5. The molecule has 26 heavy (non-hydrogen) atoms. The van der Waals surface area contributed by atoms with Crippen LogP contribution >= 0.6 is 11.6 Å². The van der Waals surface area contributed by atoms with Crippen LogP contribution in [0.15, 0.2) is 52.9 Å². The van der Waals surface area contributed by atoms with E-state index in [-0.39, 0.29) is 5.91 Å². The van der Waals surface area contributed by atoms with E-state index in [9.17, 15) is 4.79 Å². The third-order valence-corrected chi connectivity index (χ3v) is 4.33. The number of nitrogens with one attached hydrogen (secondary N) is 1. The Labute approximate surface area is 157 Å². The van der Waals surface area contributed by atoms with Crippen molar-refractivity contribution in [3.63, 3.8) is 0 Å². The fraction of sp³-hybridized carbons (Fsp3) is 0.200. The summed E-state index contributed by atoms with van der Waals surface area (Å²) in [7, 11) is 1.62. The lowest BCUT2D eigenvalue weighted by molar-refractivity contribution is 0.0954. The average Bonchev–Trinajstić information content (AvgIpc) is 3.03. The molecule has 0 spiro atoms. The van der Waals surface area contributed by atoms with Gasteiger partial charge in [0, 0.05) is 18.5 Å². The van der Waals surface area contributed by atoms with E-state index in [1.165, 1.54) is 0 Å². The molecular formula is C20H19ClN2O3. The lowest BCUT2D eigenvalue weighted by Gasteiger charge is -2.05. The molecule has 0 aliphatic rings. The topological polar surface area (TPSA) is 64.4 Å². The van der Waals surface area contributed by atoms with E-state index >= 15 is 0 Å². The number of aryl methyl sites for hydroxylation is 1. The van der Waals surface area contributed by atoms with Crippen LogP contribution in [0.1, 0.15) is 21.8 Å². The molecule has 3 rings (SSSR count). The second-order valence-corrected chi connectivity index (χ2v) is 6.14. The predicted octanol–water partition coefficient (Wildman–Crippen LogP) is 4.28. The minimum Gasteiger partial charge on any atom is -0.497 e. The van der Waals surface area contributed by atoms with Gasteiger partial charge in [0.05, 0.1) is 23.4 Å². The van der Waals surface area contributed by atoms with Crippen molar-refractivity contribution in [2.24, 2.45) is 0 Å². The maximum absolute atomic E-state index is 12.2. The largest absolute Gasteiger partial charge is 0.497 e. The minimum atomic E-state index is -0.202. The number of halogens is 1. The molecule has 1 aromatic heterocycles. The molecule has 0 saturated heterocycles. The van der Waals surface area contributed by atoms with Crippen LogP contribution in [-0.2, 0) is 6.42 Å². The van der Waals surface area contributed by atoms with Gasteiger partial charge in [-0.15, -0.1) is 0 Å². The molecule has 0 aliphatic heterocycles. The summed E-state index contributed by atoms with van der Waals surface area (Å²) < 4.78 is 10.9. The number of carbonyl (C=O) groups is 1. The molecule has 1 heterocycles. The second-order valence-electron chi connectivity index (χ2n) is 5.74. The number of aromatic nitrogens is 1. The van der Waals surface area contributed by atoms with Gasteiger partial charge < -0.3 is 14.5 Å². The van der Waals surface area contributed by atoms with E-state index in [4.69, 9.17) is 20.8 Å². The summed E-state index contributed by atoms with van der Waals surface area (Å²) in [6.07, 6.45) is 0.571. The van der Waals surface area contributed by atoms with Gasteiger partial charge >= 0.3 is 0 Å². The molecule has 0 radical (unpaired) electrons. The Kier molecular flexibility index (Phi) is 5.58. The number of carbonyl (C=O) groups excluding carboxylic acids is 1. The van der Waals surface area contributed by atoms with E-state index in [1.807, 2.05) is 31.2 Å². The molecule has 1 N–H and O–H groups in total. The lowest BCUT2D eigenvalue weighted by atomic mass is 10.2. The number of rotatable bonds is 6. The standard InChI is InChI=1S/C20H19ClN2O3/c1-13-18(11-12-22-19(24)16-5-3-4-6-17(16)21)23-20(26-13)14-7-9-15(25-2)10-8-14/h3-10H,11-12H2,1-2H3,(H,22,24). The fourth-order valence-electron chi connectivity index (χ4n) is 2.55. The fourth-order valence-corrected chi connectivity index (χ4v) is 2.77. The summed E-state index contributed by atoms with van der Waals surface area (Å²) in [6.45, 7) is 2.31. The SMILES string of the molecule is COc1ccc(-c2nc(CCNC(=O)c3ccccc3Cl)c(C)o2)cc1. The number of ether oxygens (including phenoxy) is 1. The van der Waals surface area contributed by atoms with Crippen LogP contribution < -0.4 is 10.1 Å². The Hall–Kier alpha value is -2.79. The zero-order valence-corrected chi connectivity index (χ0v) is 15.3. The zero-order chi connectivity index (χ0) is 18.5. The number of amides is 1. The molecule has 3 aromatic rings. The molecule has 6 heteroatoms. The highest BCUT2D eigenvalue weighted by molar-refractivity contribution is 6.33. The van der Waals surface area contributed by atoms with Gasteiger partial charge in [0.25, 0.3) is 5.91 Å². The van der Waals surface area contributed by atoms with E-state index in [0.29, 0.717) is 29.4 Å². The minimum absolute atomic E-state index is 0.202. The van der Waals surface area contributed by atoms with Crippen molar-refractivity contribution < 1.29 is 13.9 Å². The van der Waals surface area contributed by atoms with E-state index in [2.05, 4.69) is 10.3 Å². The smallest absolute Gasteiger partial charge is 0.252 e. The molecule has 0 fully saturated rings. The normalized spacial score (nSPS) is 10.6. The molecular weight excluding hydrogens is 352 g/mol. The van der Waals surface area contributed by atoms with Crippen LogP contribution in [0.4, 0.5) is 0 Å². The van der Waals surface area contributed by atoms with Gasteiger partial charge in [-0.2, -0.15) is 0 Å². The Bertz CT molecular complexity index is 904. The quantitative estimate of drug-likeness (QED) is 0.703. The van der Waals surface area contributed by atoms with Crippen LogP contribution in [0, 0.1) is 6.92 Å². The first-order valence-electron chi connectivity index (χ1n) is 8.22. The van der Waals surface area contributed by atoms with Gasteiger partial charge in [0.2, 0.25) is 5.89 Å². The number of oxazole rings is 1. The lowest BCUT2D eigenvalue weighted by Crippen LogP contribution is -2.26. The monoisotopic (exact) mass is 370 g/mol. The number of hydrogen-bond donors (Lipinski definition) is 1. The first-order valence-corrected chi connectivity index (χ1v) is 8.59.